The fraction of sp³-hybridized carbons (Fsp3) is 0.118. The van der Waals surface area contributed by atoms with Gasteiger partial charge in [0, 0.05) is 30.4 Å². The van der Waals surface area contributed by atoms with Crippen molar-refractivity contribution in [3.63, 3.8) is 0 Å². The van der Waals surface area contributed by atoms with Crippen LogP contribution in [0.15, 0.2) is 61.1 Å². The Morgan fingerprint density at radius 3 is 2.81 bits per heavy atom. The molecule has 0 aliphatic rings. The molecule has 21 heavy (non-hydrogen) atoms. The Bertz CT molecular complexity index is 752. The van der Waals surface area contributed by atoms with E-state index in [2.05, 4.69) is 9.97 Å². The Morgan fingerprint density at radius 1 is 1.05 bits per heavy atom. The monoisotopic (exact) mass is 278 g/mol. The minimum atomic E-state index is -0.322. The summed E-state index contributed by atoms with van der Waals surface area (Å²) in [6.07, 6.45) is 5.77. The maximum Gasteiger partial charge on any atom is 0.338 e. The van der Waals surface area contributed by atoms with E-state index < -0.39 is 0 Å². The summed E-state index contributed by atoms with van der Waals surface area (Å²) in [5, 5.41) is 0.811. The van der Waals surface area contributed by atoms with Crippen LogP contribution < -0.4 is 0 Å². The van der Waals surface area contributed by atoms with Gasteiger partial charge in [0.05, 0.1) is 17.7 Å². The van der Waals surface area contributed by atoms with Crippen molar-refractivity contribution in [2.24, 2.45) is 0 Å². The van der Waals surface area contributed by atoms with Crippen molar-refractivity contribution in [2.45, 2.75) is 6.42 Å². The van der Waals surface area contributed by atoms with Crippen LogP contribution in [0.1, 0.15) is 15.9 Å². The molecule has 3 aromatic rings. The molecule has 0 radical (unpaired) electrons. The molecule has 104 valence electrons. The molecule has 3 rings (SSSR count). The Labute approximate surface area is 122 Å². The fourth-order valence-electron chi connectivity index (χ4n) is 2.16. The zero-order valence-electron chi connectivity index (χ0n) is 11.4. The Kier molecular flexibility index (Phi) is 3.87. The van der Waals surface area contributed by atoms with Crippen LogP contribution in [-0.4, -0.2) is 22.5 Å². The lowest BCUT2D eigenvalue weighted by Crippen LogP contribution is -2.09. The van der Waals surface area contributed by atoms with Crippen molar-refractivity contribution in [3.05, 3.63) is 72.2 Å². The minimum Gasteiger partial charge on any atom is -0.462 e. The average Bonchev–Trinajstić information content (AvgIpc) is 2.55. The van der Waals surface area contributed by atoms with Crippen LogP contribution in [0.25, 0.3) is 10.9 Å². The van der Waals surface area contributed by atoms with Crippen LogP contribution in [0.4, 0.5) is 0 Å². The topological polar surface area (TPSA) is 52.1 Å². The second-order valence-electron chi connectivity index (χ2n) is 4.62. The number of hydrogen-bond donors (Lipinski definition) is 0. The van der Waals surface area contributed by atoms with E-state index in [0.717, 1.165) is 16.5 Å². The van der Waals surface area contributed by atoms with Crippen molar-refractivity contribution >= 4 is 16.9 Å². The van der Waals surface area contributed by atoms with Gasteiger partial charge in [-0.1, -0.05) is 24.3 Å². The van der Waals surface area contributed by atoms with E-state index >= 15 is 0 Å². The molecule has 0 saturated heterocycles. The summed E-state index contributed by atoms with van der Waals surface area (Å²) in [7, 11) is 0. The van der Waals surface area contributed by atoms with E-state index in [9.17, 15) is 4.79 Å². The number of nitrogens with zero attached hydrogens (tertiary/aromatic N) is 2. The number of aromatic nitrogens is 2. The summed E-state index contributed by atoms with van der Waals surface area (Å²) >= 11 is 0. The molecule has 0 amide bonds. The number of carbonyl (C=O) groups excluding carboxylic acids is 1. The van der Waals surface area contributed by atoms with E-state index in [-0.39, 0.29) is 5.97 Å². The molecule has 0 N–H and O–H groups in total. The number of pyridine rings is 2. The third kappa shape index (κ3) is 3.05. The predicted octanol–water partition coefficient (Wildman–Crippen LogP) is 3.03. The highest BCUT2D eigenvalue weighted by molar-refractivity contribution is 6.03. The summed E-state index contributed by atoms with van der Waals surface area (Å²) in [5.41, 5.74) is 2.39. The van der Waals surface area contributed by atoms with Crippen molar-refractivity contribution < 1.29 is 9.53 Å². The molecule has 2 aromatic heterocycles. The van der Waals surface area contributed by atoms with Crippen molar-refractivity contribution in [3.8, 4) is 0 Å². The SMILES string of the molecule is O=C(OCCc1cccnc1)c1ccnc2ccccc12. The molecule has 0 fully saturated rings. The molecule has 0 saturated carbocycles. The number of para-hydroxylation sites is 1. The first-order valence-electron chi connectivity index (χ1n) is 6.74. The molecular weight excluding hydrogens is 264 g/mol. The van der Waals surface area contributed by atoms with E-state index in [1.54, 1.807) is 24.7 Å². The number of carbonyl (C=O) groups is 1. The number of hydrogen-bond acceptors (Lipinski definition) is 4. The highest BCUT2D eigenvalue weighted by Crippen LogP contribution is 2.17. The van der Waals surface area contributed by atoms with Crippen LogP contribution in [0.5, 0.6) is 0 Å². The first kappa shape index (κ1) is 13.2. The van der Waals surface area contributed by atoms with Gasteiger partial charge in [0.2, 0.25) is 0 Å². The molecule has 0 bridgehead atoms. The highest BCUT2D eigenvalue weighted by Gasteiger charge is 2.11. The molecule has 4 heteroatoms. The summed E-state index contributed by atoms with van der Waals surface area (Å²) < 4.78 is 5.35. The molecule has 0 aliphatic carbocycles. The van der Waals surface area contributed by atoms with E-state index in [4.69, 9.17) is 4.74 Å². The van der Waals surface area contributed by atoms with Crippen LogP contribution in [0.2, 0.25) is 0 Å². The smallest absolute Gasteiger partial charge is 0.338 e. The lowest BCUT2D eigenvalue weighted by atomic mass is 10.1. The number of benzene rings is 1. The van der Waals surface area contributed by atoms with Gasteiger partial charge in [0.15, 0.2) is 0 Å². The third-order valence-electron chi connectivity index (χ3n) is 3.22. The average molecular weight is 278 g/mol. The van der Waals surface area contributed by atoms with E-state index in [0.29, 0.717) is 18.6 Å². The zero-order valence-corrected chi connectivity index (χ0v) is 11.4. The van der Waals surface area contributed by atoms with Gasteiger partial charge in [-0.2, -0.15) is 0 Å². The largest absolute Gasteiger partial charge is 0.462 e. The molecule has 4 nitrogen and oxygen atoms in total. The number of rotatable bonds is 4. The third-order valence-corrected chi connectivity index (χ3v) is 3.22. The van der Waals surface area contributed by atoms with Gasteiger partial charge >= 0.3 is 5.97 Å². The van der Waals surface area contributed by atoms with Gasteiger partial charge in [-0.05, 0) is 23.8 Å². The quantitative estimate of drug-likeness (QED) is 0.688. The van der Waals surface area contributed by atoms with Gasteiger partial charge < -0.3 is 4.74 Å². The highest BCUT2D eigenvalue weighted by atomic mass is 16.5. The minimum absolute atomic E-state index is 0.322. The number of fused-ring (bicyclic) bond motifs is 1. The summed E-state index contributed by atoms with van der Waals surface area (Å²) in [5.74, 6) is -0.322. The predicted molar refractivity (Wildman–Crippen MR) is 80.0 cm³/mol. The van der Waals surface area contributed by atoms with Crippen molar-refractivity contribution in [1.82, 2.24) is 9.97 Å². The maximum absolute atomic E-state index is 12.2. The molecule has 1 aromatic carbocycles. The Hall–Kier alpha value is -2.75. The normalized spacial score (nSPS) is 10.5. The Balaban J connectivity index is 1.70. The molecule has 0 atom stereocenters. The lowest BCUT2D eigenvalue weighted by molar-refractivity contribution is 0.0511. The Morgan fingerprint density at radius 2 is 1.95 bits per heavy atom. The van der Waals surface area contributed by atoms with Crippen LogP contribution in [0.3, 0.4) is 0 Å². The van der Waals surface area contributed by atoms with Gasteiger partial charge in [-0.15, -0.1) is 0 Å². The molecule has 0 aliphatic heterocycles. The van der Waals surface area contributed by atoms with Crippen LogP contribution >= 0.6 is 0 Å². The first-order chi connectivity index (χ1) is 10.3. The van der Waals surface area contributed by atoms with Crippen LogP contribution in [-0.2, 0) is 11.2 Å². The summed E-state index contributed by atoms with van der Waals surface area (Å²) in [6.45, 7) is 0.335. The fourth-order valence-corrected chi connectivity index (χ4v) is 2.16. The van der Waals surface area contributed by atoms with E-state index in [1.165, 1.54) is 0 Å². The molecular formula is C17H14N2O2. The van der Waals surface area contributed by atoms with Gasteiger partial charge in [-0.3, -0.25) is 9.97 Å². The van der Waals surface area contributed by atoms with Gasteiger partial charge in [0.1, 0.15) is 0 Å². The van der Waals surface area contributed by atoms with Gasteiger partial charge in [0.25, 0.3) is 0 Å². The molecule has 0 spiro atoms. The standard InChI is InChI=1S/C17H14N2O2/c20-17(21-11-8-13-4-3-9-18-12-13)15-7-10-19-16-6-2-1-5-14(15)16/h1-7,9-10,12H,8,11H2. The van der Waals surface area contributed by atoms with Crippen molar-refractivity contribution in [1.29, 1.82) is 0 Å². The second-order valence-corrected chi connectivity index (χ2v) is 4.62. The van der Waals surface area contributed by atoms with Crippen molar-refractivity contribution in [2.75, 3.05) is 6.61 Å². The summed E-state index contributed by atoms with van der Waals surface area (Å²) in [4.78, 5) is 20.5. The zero-order chi connectivity index (χ0) is 14.5. The number of esters is 1. The molecule has 0 unspecified atom stereocenters. The lowest BCUT2D eigenvalue weighted by Gasteiger charge is -2.07. The second kappa shape index (κ2) is 6.13. The maximum atomic E-state index is 12.2. The van der Waals surface area contributed by atoms with Crippen LogP contribution in [0, 0.1) is 0 Å². The molecule has 2 heterocycles. The summed E-state index contributed by atoms with van der Waals surface area (Å²) in [6, 6.07) is 13.1. The number of ether oxygens (including phenoxy) is 1. The van der Waals surface area contributed by atoms with E-state index in [1.807, 2.05) is 36.4 Å². The first-order valence-corrected chi connectivity index (χ1v) is 6.74. The van der Waals surface area contributed by atoms with Gasteiger partial charge in [-0.25, -0.2) is 4.79 Å².